The molecule has 190 valence electrons. The first kappa shape index (κ1) is 24.1. The third-order valence-corrected chi connectivity index (χ3v) is 6.75. The molecule has 7 nitrogen and oxygen atoms in total. The summed E-state index contributed by atoms with van der Waals surface area (Å²) in [6, 6.07) is 29.9. The van der Waals surface area contributed by atoms with Crippen LogP contribution in [-0.2, 0) is 6.54 Å². The molecule has 39 heavy (non-hydrogen) atoms. The summed E-state index contributed by atoms with van der Waals surface area (Å²) in [5.74, 6) is 0.243. The van der Waals surface area contributed by atoms with Gasteiger partial charge in [0.2, 0.25) is 0 Å². The highest BCUT2D eigenvalue weighted by atomic mass is 16.2. The quantitative estimate of drug-likeness (QED) is 0.284. The van der Waals surface area contributed by atoms with Crippen LogP contribution < -0.4 is 15.5 Å². The molecule has 0 spiro atoms. The van der Waals surface area contributed by atoms with E-state index in [1.54, 1.807) is 35.5 Å². The van der Waals surface area contributed by atoms with Crippen LogP contribution in [0.3, 0.4) is 0 Å². The molecular formula is C32H25N5O2. The first-order chi connectivity index (χ1) is 19.1. The van der Waals surface area contributed by atoms with E-state index in [-0.39, 0.29) is 11.8 Å². The van der Waals surface area contributed by atoms with Gasteiger partial charge in [-0.1, -0.05) is 42.5 Å². The Labute approximate surface area is 226 Å². The van der Waals surface area contributed by atoms with Crippen molar-refractivity contribution in [3.63, 3.8) is 0 Å². The summed E-state index contributed by atoms with van der Waals surface area (Å²) in [6.07, 6.45) is 3.41. The molecule has 0 saturated heterocycles. The summed E-state index contributed by atoms with van der Waals surface area (Å²) < 4.78 is 0. The summed E-state index contributed by atoms with van der Waals surface area (Å²) in [6.45, 7) is 2.28. The molecule has 0 fully saturated rings. The van der Waals surface area contributed by atoms with E-state index >= 15 is 0 Å². The molecule has 3 heterocycles. The summed E-state index contributed by atoms with van der Waals surface area (Å²) in [5, 5.41) is 6.34. The number of aryl methyl sites for hydroxylation is 1. The normalized spacial score (nSPS) is 12.0. The van der Waals surface area contributed by atoms with Gasteiger partial charge < -0.3 is 15.5 Å². The topological polar surface area (TPSA) is 87.2 Å². The molecule has 3 aromatic carbocycles. The molecule has 5 aromatic rings. The van der Waals surface area contributed by atoms with Gasteiger partial charge in [0.05, 0.1) is 17.9 Å². The van der Waals surface area contributed by atoms with E-state index in [0.717, 1.165) is 28.1 Å². The van der Waals surface area contributed by atoms with Gasteiger partial charge in [0.15, 0.2) is 5.82 Å². The van der Waals surface area contributed by atoms with Crippen molar-refractivity contribution >= 4 is 34.7 Å². The summed E-state index contributed by atoms with van der Waals surface area (Å²) >= 11 is 0. The molecule has 2 amide bonds. The summed E-state index contributed by atoms with van der Waals surface area (Å²) in [4.78, 5) is 37.7. The Balaban J connectivity index is 1.28. The highest BCUT2D eigenvalue weighted by Crippen LogP contribution is 2.35. The van der Waals surface area contributed by atoms with E-state index in [9.17, 15) is 9.59 Å². The molecule has 1 aliphatic rings. The molecule has 0 atom stereocenters. The van der Waals surface area contributed by atoms with Crippen LogP contribution >= 0.6 is 0 Å². The summed E-state index contributed by atoms with van der Waals surface area (Å²) in [5.41, 5.74) is 6.55. The fourth-order valence-electron chi connectivity index (χ4n) is 4.81. The smallest absolute Gasteiger partial charge is 0.258 e. The maximum Gasteiger partial charge on any atom is 0.258 e. The average molecular weight is 512 g/mol. The van der Waals surface area contributed by atoms with Gasteiger partial charge in [-0.15, -0.1) is 0 Å². The fourth-order valence-corrected chi connectivity index (χ4v) is 4.81. The molecule has 0 bridgehead atoms. The second kappa shape index (κ2) is 10.2. The minimum absolute atomic E-state index is 0.140. The van der Waals surface area contributed by atoms with Gasteiger partial charge in [-0.25, -0.2) is 4.98 Å². The van der Waals surface area contributed by atoms with E-state index in [2.05, 4.69) is 20.6 Å². The highest BCUT2D eigenvalue weighted by Gasteiger charge is 2.26. The van der Waals surface area contributed by atoms with Crippen molar-refractivity contribution in [2.45, 2.75) is 13.5 Å². The standard InChI is InChI=1S/C32H25N5O2/c1-21-19-23(35-31(38)26-11-4-3-10-25(26)28-13-6-7-17-33-28)15-16-24(21)32(39)37-20-22-9-2-5-12-27(22)36-30-29(37)14-8-18-34-30/h2-19H,20H2,1H3,(H,34,36)(H,35,38). The number of carbonyl (C=O) groups excluding carboxylic acids is 2. The Hall–Kier alpha value is -5.30. The number of pyridine rings is 2. The molecule has 2 N–H and O–H groups in total. The number of fused-ring (bicyclic) bond motifs is 2. The minimum atomic E-state index is -0.245. The zero-order valence-electron chi connectivity index (χ0n) is 21.3. The van der Waals surface area contributed by atoms with E-state index < -0.39 is 0 Å². The van der Waals surface area contributed by atoms with Crippen LogP contribution in [0.5, 0.6) is 0 Å². The average Bonchev–Trinajstić information content (AvgIpc) is 3.14. The number of para-hydroxylation sites is 1. The monoisotopic (exact) mass is 511 g/mol. The van der Waals surface area contributed by atoms with Gasteiger partial charge in [0.1, 0.15) is 0 Å². The van der Waals surface area contributed by atoms with Gasteiger partial charge in [-0.3, -0.25) is 14.6 Å². The Bertz CT molecular complexity index is 1700. The lowest BCUT2D eigenvalue weighted by atomic mass is 10.0. The van der Waals surface area contributed by atoms with Crippen molar-refractivity contribution in [1.82, 2.24) is 9.97 Å². The fraction of sp³-hybridized carbons (Fsp3) is 0.0625. The maximum atomic E-state index is 13.9. The number of nitrogens with one attached hydrogen (secondary N) is 2. The molecule has 0 saturated carbocycles. The highest BCUT2D eigenvalue weighted by molar-refractivity contribution is 6.11. The zero-order valence-corrected chi connectivity index (χ0v) is 21.3. The van der Waals surface area contributed by atoms with E-state index in [4.69, 9.17) is 0 Å². The molecular weight excluding hydrogens is 486 g/mol. The van der Waals surface area contributed by atoms with Crippen LogP contribution in [0, 0.1) is 6.92 Å². The third-order valence-electron chi connectivity index (χ3n) is 6.75. The van der Waals surface area contributed by atoms with Crippen LogP contribution in [0.4, 0.5) is 22.9 Å². The van der Waals surface area contributed by atoms with Crippen molar-refractivity contribution < 1.29 is 9.59 Å². The predicted molar refractivity (Wildman–Crippen MR) is 153 cm³/mol. The molecule has 7 heteroatoms. The van der Waals surface area contributed by atoms with Crippen LogP contribution in [-0.4, -0.2) is 21.8 Å². The number of carbonyl (C=O) groups is 2. The summed E-state index contributed by atoms with van der Waals surface area (Å²) in [7, 11) is 0. The lowest BCUT2D eigenvalue weighted by Crippen LogP contribution is -2.30. The molecule has 1 aliphatic heterocycles. The van der Waals surface area contributed by atoms with E-state index in [0.29, 0.717) is 34.9 Å². The molecule has 0 aliphatic carbocycles. The number of nitrogens with zero attached hydrogens (tertiary/aromatic N) is 3. The van der Waals surface area contributed by atoms with Crippen LogP contribution in [0.25, 0.3) is 11.3 Å². The lowest BCUT2D eigenvalue weighted by Gasteiger charge is -2.23. The predicted octanol–water partition coefficient (Wildman–Crippen LogP) is 6.61. The molecule has 2 aromatic heterocycles. The van der Waals surface area contributed by atoms with Crippen LogP contribution in [0.2, 0.25) is 0 Å². The van der Waals surface area contributed by atoms with Crippen molar-refractivity contribution in [2.24, 2.45) is 0 Å². The first-order valence-electron chi connectivity index (χ1n) is 12.6. The first-order valence-corrected chi connectivity index (χ1v) is 12.6. The maximum absolute atomic E-state index is 13.9. The van der Waals surface area contributed by atoms with Gasteiger partial charge in [-0.2, -0.15) is 0 Å². The van der Waals surface area contributed by atoms with Crippen molar-refractivity contribution in [3.8, 4) is 11.3 Å². The van der Waals surface area contributed by atoms with Gasteiger partial charge in [0.25, 0.3) is 11.8 Å². The number of anilines is 4. The number of amides is 2. The van der Waals surface area contributed by atoms with Crippen molar-refractivity contribution in [2.75, 3.05) is 15.5 Å². The Morgan fingerprint density at radius 3 is 2.46 bits per heavy atom. The number of aromatic nitrogens is 2. The lowest BCUT2D eigenvalue weighted by molar-refractivity contribution is 0.0983. The number of hydrogen-bond donors (Lipinski definition) is 2. The molecule has 0 radical (unpaired) electrons. The zero-order chi connectivity index (χ0) is 26.8. The van der Waals surface area contributed by atoms with Gasteiger partial charge >= 0.3 is 0 Å². The number of hydrogen-bond acceptors (Lipinski definition) is 5. The second-order valence-electron chi connectivity index (χ2n) is 9.29. The largest absolute Gasteiger partial charge is 0.338 e. The van der Waals surface area contributed by atoms with Crippen molar-refractivity contribution in [3.05, 3.63) is 132 Å². The van der Waals surface area contributed by atoms with Gasteiger partial charge in [-0.05, 0) is 72.6 Å². The molecule has 6 rings (SSSR count). The third kappa shape index (κ3) is 4.73. The number of benzene rings is 3. The van der Waals surface area contributed by atoms with Crippen LogP contribution in [0.15, 0.2) is 109 Å². The van der Waals surface area contributed by atoms with E-state index in [1.807, 2.05) is 85.8 Å². The Morgan fingerprint density at radius 2 is 1.62 bits per heavy atom. The van der Waals surface area contributed by atoms with Gasteiger partial charge in [0, 0.05) is 40.5 Å². The molecule has 0 unspecified atom stereocenters. The Kier molecular flexibility index (Phi) is 6.31. The van der Waals surface area contributed by atoms with Crippen molar-refractivity contribution in [1.29, 1.82) is 0 Å². The minimum Gasteiger partial charge on any atom is -0.338 e. The number of rotatable bonds is 4. The SMILES string of the molecule is Cc1cc(NC(=O)c2ccccc2-c2ccccn2)ccc1C(=O)N1Cc2ccccc2Nc2ncccc21. The second-order valence-corrected chi connectivity index (χ2v) is 9.29. The van der Waals surface area contributed by atoms with E-state index in [1.165, 1.54) is 0 Å². The van der Waals surface area contributed by atoms with Crippen LogP contribution in [0.1, 0.15) is 31.8 Å². The Morgan fingerprint density at radius 1 is 0.821 bits per heavy atom.